The fraction of sp³-hybridized carbons (Fsp3) is 0.316. The van der Waals surface area contributed by atoms with Crippen LogP contribution in [0.1, 0.15) is 11.1 Å². The summed E-state index contributed by atoms with van der Waals surface area (Å²) in [4.78, 5) is 0.564. The number of nitrogens with zero attached hydrogens (tertiary/aromatic N) is 2. The molecule has 0 radical (unpaired) electrons. The molecule has 144 valence electrons. The van der Waals surface area contributed by atoms with Gasteiger partial charge in [0.05, 0.1) is 28.8 Å². The SMILES string of the molecule is COCCn1/c(=N/S(=O)(=O)c2ccc(OC)cc2)sc2cc(C)c(C)cc21. The molecule has 0 bridgehead atoms. The van der Waals surface area contributed by atoms with E-state index in [9.17, 15) is 8.42 Å². The lowest BCUT2D eigenvalue weighted by Gasteiger charge is -2.06. The average Bonchev–Trinajstić information content (AvgIpc) is 2.95. The van der Waals surface area contributed by atoms with Crippen LogP contribution in [0.4, 0.5) is 0 Å². The predicted molar refractivity (Wildman–Crippen MR) is 107 cm³/mol. The Labute approximate surface area is 162 Å². The summed E-state index contributed by atoms with van der Waals surface area (Å²) in [5, 5.41) is 0. The number of ether oxygens (including phenoxy) is 2. The van der Waals surface area contributed by atoms with E-state index in [-0.39, 0.29) is 4.90 Å². The van der Waals surface area contributed by atoms with E-state index in [2.05, 4.69) is 16.5 Å². The molecular formula is C19H22N2O4S2. The third-order valence-corrected chi connectivity index (χ3v) is 6.81. The van der Waals surface area contributed by atoms with Gasteiger partial charge in [-0.25, -0.2) is 0 Å². The van der Waals surface area contributed by atoms with Gasteiger partial charge in [0.2, 0.25) is 4.80 Å². The van der Waals surface area contributed by atoms with Gasteiger partial charge in [-0.3, -0.25) is 0 Å². The Morgan fingerprint density at radius 2 is 1.74 bits per heavy atom. The van der Waals surface area contributed by atoms with Crippen molar-refractivity contribution in [3.63, 3.8) is 0 Å². The number of hydrogen-bond donors (Lipinski definition) is 0. The number of aromatic nitrogens is 1. The summed E-state index contributed by atoms with van der Waals surface area (Å²) < 4.78 is 42.9. The predicted octanol–water partition coefficient (Wildman–Crippen LogP) is 3.26. The summed E-state index contributed by atoms with van der Waals surface area (Å²) in [5.41, 5.74) is 3.27. The Bertz CT molecular complexity index is 1130. The highest BCUT2D eigenvalue weighted by atomic mass is 32.2. The highest BCUT2D eigenvalue weighted by Crippen LogP contribution is 2.23. The van der Waals surface area contributed by atoms with Crippen LogP contribution in [-0.2, 0) is 21.3 Å². The lowest BCUT2D eigenvalue weighted by molar-refractivity contribution is 0.187. The number of rotatable bonds is 6. The molecule has 0 saturated carbocycles. The number of thiazole rings is 1. The van der Waals surface area contributed by atoms with Gasteiger partial charge in [0.15, 0.2) is 0 Å². The van der Waals surface area contributed by atoms with Crippen molar-refractivity contribution in [2.75, 3.05) is 20.8 Å². The van der Waals surface area contributed by atoms with E-state index in [1.165, 1.54) is 30.6 Å². The zero-order valence-corrected chi connectivity index (χ0v) is 17.4. The summed E-state index contributed by atoms with van der Waals surface area (Å²) >= 11 is 1.36. The van der Waals surface area contributed by atoms with E-state index in [0.717, 1.165) is 21.3 Å². The fourth-order valence-corrected chi connectivity index (χ4v) is 5.03. The second-order valence-electron chi connectivity index (χ2n) is 6.18. The molecule has 0 aliphatic rings. The van der Waals surface area contributed by atoms with Crippen LogP contribution in [0.25, 0.3) is 10.2 Å². The molecule has 0 spiro atoms. The summed E-state index contributed by atoms with van der Waals surface area (Å²) in [6.45, 7) is 5.07. The van der Waals surface area contributed by atoms with E-state index in [4.69, 9.17) is 9.47 Å². The number of aryl methyl sites for hydroxylation is 2. The maximum Gasteiger partial charge on any atom is 0.285 e. The molecule has 2 aromatic carbocycles. The van der Waals surface area contributed by atoms with Gasteiger partial charge >= 0.3 is 0 Å². The summed E-state index contributed by atoms with van der Waals surface area (Å²) in [5.74, 6) is 0.594. The van der Waals surface area contributed by atoms with E-state index in [1.807, 2.05) is 18.4 Å². The summed E-state index contributed by atoms with van der Waals surface area (Å²) in [6.07, 6.45) is 0. The van der Waals surface area contributed by atoms with Crippen molar-refractivity contribution < 1.29 is 17.9 Å². The van der Waals surface area contributed by atoms with E-state index in [1.54, 1.807) is 19.2 Å². The minimum absolute atomic E-state index is 0.131. The van der Waals surface area contributed by atoms with Crippen molar-refractivity contribution >= 4 is 31.6 Å². The standard InChI is InChI=1S/C19H22N2O4S2/c1-13-11-17-18(12-14(13)2)26-19(21(17)9-10-24-3)20-27(22,23)16-7-5-15(25-4)6-8-16/h5-8,11-12H,9-10H2,1-4H3/b20-19-. The first-order valence-corrected chi connectivity index (χ1v) is 10.7. The van der Waals surface area contributed by atoms with Crippen LogP contribution in [0.15, 0.2) is 45.7 Å². The number of hydrogen-bond acceptors (Lipinski definition) is 5. The van der Waals surface area contributed by atoms with Crippen LogP contribution >= 0.6 is 11.3 Å². The number of sulfonamides is 1. The number of benzene rings is 2. The van der Waals surface area contributed by atoms with Crippen LogP contribution in [0.3, 0.4) is 0 Å². The Kier molecular flexibility index (Phi) is 5.69. The lowest BCUT2D eigenvalue weighted by atomic mass is 10.1. The Morgan fingerprint density at radius 3 is 2.37 bits per heavy atom. The number of methoxy groups -OCH3 is 2. The molecule has 6 nitrogen and oxygen atoms in total. The van der Waals surface area contributed by atoms with E-state index < -0.39 is 10.0 Å². The smallest absolute Gasteiger partial charge is 0.285 e. The summed E-state index contributed by atoms with van der Waals surface area (Å²) in [6, 6.07) is 10.4. The van der Waals surface area contributed by atoms with Gasteiger partial charge < -0.3 is 14.0 Å². The molecule has 0 saturated heterocycles. The van der Waals surface area contributed by atoms with Gasteiger partial charge in [0.25, 0.3) is 10.0 Å². The summed E-state index contributed by atoms with van der Waals surface area (Å²) in [7, 11) is -0.680. The normalized spacial score (nSPS) is 12.7. The zero-order chi connectivity index (χ0) is 19.6. The van der Waals surface area contributed by atoms with E-state index >= 15 is 0 Å². The third-order valence-electron chi connectivity index (χ3n) is 4.37. The Morgan fingerprint density at radius 1 is 1.07 bits per heavy atom. The molecule has 3 aromatic rings. The second kappa shape index (κ2) is 7.84. The molecule has 0 aliphatic carbocycles. The molecule has 27 heavy (non-hydrogen) atoms. The maximum absolute atomic E-state index is 12.8. The van der Waals surface area contributed by atoms with E-state index in [0.29, 0.717) is 23.7 Å². The van der Waals surface area contributed by atoms with Gasteiger partial charge in [0, 0.05) is 13.7 Å². The molecule has 8 heteroatoms. The minimum atomic E-state index is -3.84. The fourth-order valence-electron chi connectivity index (χ4n) is 2.69. The van der Waals surface area contributed by atoms with Crippen molar-refractivity contribution in [3.05, 3.63) is 52.3 Å². The first-order chi connectivity index (χ1) is 12.9. The topological polar surface area (TPSA) is 69.9 Å². The van der Waals surface area contributed by atoms with Crippen molar-refractivity contribution in [2.45, 2.75) is 25.3 Å². The van der Waals surface area contributed by atoms with Crippen molar-refractivity contribution in [2.24, 2.45) is 4.40 Å². The Hall–Kier alpha value is -2.16. The van der Waals surface area contributed by atoms with Gasteiger partial charge in [-0.1, -0.05) is 11.3 Å². The first kappa shape index (κ1) is 19.6. The molecule has 0 atom stereocenters. The monoisotopic (exact) mass is 406 g/mol. The van der Waals surface area contributed by atoms with Gasteiger partial charge in [0.1, 0.15) is 5.75 Å². The van der Waals surface area contributed by atoms with Crippen LogP contribution in [0.2, 0.25) is 0 Å². The highest BCUT2D eigenvalue weighted by molar-refractivity contribution is 7.90. The highest BCUT2D eigenvalue weighted by Gasteiger charge is 2.15. The molecule has 0 aliphatic heterocycles. The van der Waals surface area contributed by atoms with Gasteiger partial charge in [-0.15, -0.1) is 4.40 Å². The molecule has 3 rings (SSSR count). The first-order valence-electron chi connectivity index (χ1n) is 8.40. The van der Waals surface area contributed by atoms with Gasteiger partial charge in [-0.2, -0.15) is 8.42 Å². The third kappa shape index (κ3) is 4.07. The molecule has 0 amide bonds. The average molecular weight is 407 g/mol. The molecule has 0 fully saturated rings. The molecule has 0 unspecified atom stereocenters. The molecule has 1 aromatic heterocycles. The zero-order valence-electron chi connectivity index (χ0n) is 15.7. The van der Waals surface area contributed by atoms with Crippen molar-refractivity contribution in [1.82, 2.24) is 4.57 Å². The van der Waals surface area contributed by atoms with Crippen LogP contribution in [0, 0.1) is 13.8 Å². The number of fused-ring (bicyclic) bond motifs is 1. The second-order valence-corrected chi connectivity index (χ2v) is 8.79. The molecule has 0 N–H and O–H groups in total. The molecular weight excluding hydrogens is 384 g/mol. The van der Waals surface area contributed by atoms with Crippen molar-refractivity contribution in [1.29, 1.82) is 0 Å². The van der Waals surface area contributed by atoms with Crippen molar-refractivity contribution in [3.8, 4) is 5.75 Å². The van der Waals surface area contributed by atoms with Crippen LogP contribution in [0.5, 0.6) is 5.75 Å². The minimum Gasteiger partial charge on any atom is -0.497 e. The van der Waals surface area contributed by atoms with Crippen LogP contribution < -0.4 is 9.54 Å². The Balaban J connectivity index is 2.18. The molecule has 1 heterocycles. The largest absolute Gasteiger partial charge is 0.497 e. The lowest BCUT2D eigenvalue weighted by Crippen LogP contribution is -2.19. The quantitative estimate of drug-likeness (QED) is 0.630. The van der Waals surface area contributed by atoms with Crippen LogP contribution in [-0.4, -0.2) is 33.8 Å². The maximum atomic E-state index is 12.8. The van der Waals surface area contributed by atoms with Gasteiger partial charge in [-0.05, 0) is 61.4 Å².